The minimum absolute atomic E-state index is 0. The highest BCUT2D eigenvalue weighted by atomic mass is 35.5. The maximum atomic E-state index is 12.5. The number of nitrogens with one attached hydrogen (secondary N) is 1. The maximum Gasteiger partial charge on any atom is 0.225 e. The molecular formula is C15H30ClN3O2. The number of piperazine rings is 1. The third-order valence-electron chi connectivity index (χ3n) is 4.80. The van der Waals surface area contributed by atoms with Gasteiger partial charge < -0.3 is 15.3 Å². The topological polar surface area (TPSA) is 55.8 Å². The molecule has 124 valence electrons. The molecule has 0 aromatic rings. The lowest BCUT2D eigenvalue weighted by Crippen LogP contribution is -2.54. The Kier molecular flexibility index (Phi) is 7.95. The predicted molar refractivity (Wildman–Crippen MR) is 86.8 cm³/mol. The van der Waals surface area contributed by atoms with E-state index in [1.807, 2.05) is 4.90 Å². The molecule has 0 aromatic heterocycles. The molecule has 3 atom stereocenters. The first-order chi connectivity index (χ1) is 9.65. The lowest BCUT2D eigenvalue weighted by atomic mass is 9.92. The van der Waals surface area contributed by atoms with E-state index in [1.165, 1.54) is 0 Å². The molecule has 2 N–H and O–H groups in total. The molecule has 0 aliphatic carbocycles. The summed E-state index contributed by atoms with van der Waals surface area (Å²) in [7, 11) is 0. The van der Waals surface area contributed by atoms with Crippen LogP contribution < -0.4 is 5.32 Å². The van der Waals surface area contributed by atoms with Crippen molar-refractivity contribution in [3.63, 3.8) is 0 Å². The Balaban J connectivity index is 0.00000220. The van der Waals surface area contributed by atoms with Crippen LogP contribution in [0.4, 0.5) is 0 Å². The Labute approximate surface area is 134 Å². The van der Waals surface area contributed by atoms with Crippen LogP contribution >= 0.6 is 12.4 Å². The fourth-order valence-corrected chi connectivity index (χ4v) is 3.42. The number of halogens is 1. The number of carbonyl (C=O) groups excluding carboxylic acids is 1. The van der Waals surface area contributed by atoms with Crippen LogP contribution in [0.3, 0.4) is 0 Å². The van der Waals surface area contributed by atoms with Crippen LogP contribution in [0, 0.1) is 5.92 Å². The molecule has 1 amide bonds. The summed E-state index contributed by atoms with van der Waals surface area (Å²) >= 11 is 0. The number of rotatable bonds is 4. The molecule has 2 aliphatic rings. The zero-order valence-corrected chi connectivity index (χ0v) is 14.1. The lowest BCUT2D eigenvalue weighted by Gasteiger charge is -2.40. The van der Waals surface area contributed by atoms with E-state index in [0.29, 0.717) is 11.9 Å². The number of nitrogens with zero attached hydrogens (tertiary/aromatic N) is 2. The van der Waals surface area contributed by atoms with E-state index in [1.54, 1.807) is 0 Å². The summed E-state index contributed by atoms with van der Waals surface area (Å²) in [6.45, 7) is 8.85. The second kappa shape index (κ2) is 8.93. The van der Waals surface area contributed by atoms with E-state index in [4.69, 9.17) is 0 Å². The van der Waals surface area contributed by atoms with Gasteiger partial charge in [0.05, 0.1) is 6.61 Å². The molecule has 0 radical (unpaired) electrons. The summed E-state index contributed by atoms with van der Waals surface area (Å²) in [5.41, 5.74) is 0. The highest BCUT2D eigenvalue weighted by molar-refractivity contribution is 5.85. The molecular weight excluding hydrogens is 290 g/mol. The molecule has 21 heavy (non-hydrogen) atoms. The van der Waals surface area contributed by atoms with E-state index >= 15 is 0 Å². The summed E-state index contributed by atoms with van der Waals surface area (Å²) in [6.07, 6.45) is 2.90. The Morgan fingerprint density at radius 3 is 2.52 bits per heavy atom. The summed E-state index contributed by atoms with van der Waals surface area (Å²) in [5, 5.41) is 12.8. The molecule has 2 saturated heterocycles. The van der Waals surface area contributed by atoms with Gasteiger partial charge in [-0.05, 0) is 32.7 Å². The maximum absolute atomic E-state index is 12.5. The van der Waals surface area contributed by atoms with Crippen LogP contribution in [-0.2, 0) is 4.79 Å². The van der Waals surface area contributed by atoms with E-state index in [2.05, 4.69) is 24.1 Å². The van der Waals surface area contributed by atoms with Crippen LogP contribution in [-0.4, -0.2) is 72.2 Å². The zero-order chi connectivity index (χ0) is 14.5. The van der Waals surface area contributed by atoms with Crippen molar-refractivity contribution in [1.82, 2.24) is 15.1 Å². The number of aliphatic hydroxyl groups excluding tert-OH is 1. The van der Waals surface area contributed by atoms with E-state index in [9.17, 15) is 9.90 Å². The first-order valence-corrected chi connectivity index (χ1v) is 8.02. The Hall–Kier alpha value is -0.360. The van der Waals surface area contributed by atoms with Gasteiger partial charge in [0.15, 0.2) is 0 Å². The Bertz CT molecular complexity index is 318. The number of piperidine rings is 1. The molecule has 1 unspecified atom stereocenters. The molecule has 0 saturated carbocycles. The fraction of sp³-hybridized carbons (Fsp3) is 0.933. The number of amides is 1. The van der Waals surface area contributed by atoms with Crippen molar-refractivity contribution in [3.05, 3.63) is 0 Å². The lowest BCUT2D eigenvalue weighted by molar-refractivity contribution is -0.139. The van der Waals surface area contributed by atoms with Crippen LogP contribution in [0.5, 0.6) is 0 Å². The minimum Gasteiger partial charge on any atom is -0.395 e. The van der Waals surface area contributed by atoms with Crippen molar-refractivity contribution in [3.8, 4) is 0 Å². The average Bonchev–Trinajstić information content (AvgIpc) is 2.48. The second-order valence-corrected chi connectivity index (χ2v) is 6.18. The summed E-state index contributed by atoms with van der Waals surface area (Å²) in [4.78, 5) is 16.9. The highest BCUT2D eigenvalue weighted by Crippen LogP contribution is 2.20. The van der Waals surface area contributed by atoms with Crippen molar-refractivity contribution in [2.24, 2.45) is 5.92 Å². The highest BCUT2D eigenvalue weighted by Gasteiger charge is 2.31. The fourth-order valence-electron chi connectivity index (χ4n) is 3.42. The van der Waals surface area contributed by atoms with Gasteiger partial charge in [0.1, 0.15) is 0 Å². The smallest absolute Gasteiger partial charge is 0.225 e. The summed E-state index contributed by atoms with van der Waals surface area (Å²) in [5.74, 6) is 0.549. The van der Waals surface area contributed by atoms with E-state index in [0.717, 1.165) is 52.0 Å². The van der Waals surface area contributed by atoms with Gasteiger partial charge in [-0.2, -0.15) is 0 Å². The van der Waals surface area contributed by atoms with Gasteiger partial charge in [0.2, 0.25) is 5.91 Å². The van der Waals surface area contributed by atoms with Crippen LogP contribution in [0.25, 0.3) is 0 Å². The Morgan fingerprint density at radius 2 is 2.00 bits per heavy atom. The van der Waals surface area contributed by atoms with Crippen molar-refractivity contribution < 1.29 is 9.90 Å². The monoisotopic (exact) mass is 319 g/mol. The summed E-state index contributed by atoms with van der Waals surface area (Å²) < 4.78 is 0. The SMILES string of the molecule is CCC(CO)N1CCN(C(=O)[C@H]2CCN[C@@H](C)C2)CC1.Cl. The molecule has 0 bridgehead atoms. The number of carbonyl (C=O) groups is 1. The first kappa shape index (κ1) is 18.7. The number of hydrogen-bond acceptors (Lipinski definition) is 4. The molecule has 2 fully saturated rings. The molecule has 6 heteroatoms. The van der Waals surface area contributed by atoms with Gasteiger partial charge in [-0.3, -0.25) is 9.69 Å². The van der Waals surface area contributed by atoms with Crippen molar-refractivity contribution in [1.29, 1.82) is 0 Å². The zero-order valence-electron chi connectivity index (χ0n) is 13.3. The average molecular weight is 320 g/mol. The standard InChI is InChI=1S/C15H29N3O2.ClH/c1-3-14(11-19)17-6-8-18(9-7-17)15(20)13-4-5-16-12(2)10-13;/h12-14,16,19H,3-11H2,1-2H3;1H/t12-,13-,14?;/m0./s1. The van der Waals surface area contributed by atoms with E-state index in [-0.39, 0.29) is 31.0 Å². The third kappa shape index (κ3) is 4.81. The third-order valence-corrected chi connectivity index (χ3v) is 4.80. The summed E-state index contributed by atoms with van der Waals surface area (Å²) in [6, 6.07) is 0.712. The molecule has 0 aromatic carbocycles. The van der Waals surface area contributed by atoms with Crippen molar-refractivity contribution in [2.75, 3.05) is 39.3 Å². The Morgan fingerprint density at radius 1 is 1.33 bits per heavy atom. The second-order valence-electron chi connectivity index (χ2n) is 6.18. The largest absolute Gasteiger partial charge is 0.395 e. The van der Waals surface area contributed by atoms with Gasteiger partial charge in [-0.1, -0.05) is 6.92 Å². The van der Waals surface area contributed by atoms with Crippen molar-refractivity contribution in [2.45, 2.75) is 45.2 Å². The number of aliphatic hydroxyl groups is 1. The molecule has 2 heterocycles. The molecule has 2 aliphatic heterocycles. The molecule has 0 spiro atoms. The van der Waals surface area contributed by atoms with Crippen LogP contribution in [0.2, 0.25) is 0 Å². The minimum atomic E-state index is 0. The molecule has 5 nitrogen and oxygen atoms in total. The van der Waals surface area contributed by atoms with Gasteiger partial charge in [0, 0.05) is 44.2 Å². The van der Waals surface area contributed by atoms with Gasteiger partial charge in [-0.25, -0.2) is 0 Å². The van der Waals surface area contributed by atoms with Crippen LogP contribution in [0.15, 0.2) is 0 Å². The molecule has 2 rings (SSSR count). The van der Waals surface area contributed by atoms with Crippen LogP contribution in [0.1, 0.15) is 33.1 Å². The van der Waals surface area contributed by atoms with Gasteiger partial charge in [-0.15, -0.1) is 12.4 Å². The van der Waals surface area contributed by atoms with E-state index < -0.39 is 0 Å². The van der Waals surface area contributed by atoms with Gasteiger partial charge in [0.25, 0.3) is 0 Å². The van der Waals surface area contributed by atoms with Gasteiger partial charge >= 0.3 is 0 Å². The number of hydrogen-bond donors (Lipinski definition) is 2. The normalized spacial score (nSPS) is 28.8. The predicted octanol–water partition coefficient (Wildman–Crippen LogP) is 0.711. The first-order valence-electron chi connectivity index (χ1n) is 8.02. The van der Waals surface area contributed by atoms with Crippen molar-refractivity contribution >= 4 is 18.3 Å². The quantitative estimate of drug-likeness (QED) is 0.801.